The van der Waals surface area contributed by atoms with Crippen molar-refractivity contribution >= 4 is 17.1 Å². The van der Waals surface area contributed by atoms with E-state index in [1.54, 1.807) is 14.1 Å². The molecule has 30 heavy (non-hydrogen) atoms. The Bertz CT molecular complexity index is 1000. The van der Waals surface area contributed by atoms with E-state index in [4.69, 9.17) is 4.74 Å². The molecule has 3 rings (SSSR count). The number of allylic oxidation sites excluding steroid dienone is 1. The van der Waals surface area contributed by atoms with Gasteiger partial charge in [-0.25, -0.2) is 0 Å². The highest BCUT2D eigenvalue weighted by Gasteiger charge is 2.13. The highest BCUT2D eigenvalue weighted by molar-refractivity contribution is 5.98. The van der Waals surface area contributed by atoms with Crippen LogP contribution in [0.4, 0.5) is 0 Å². The van der Waals surface area contributed by atoms with Crippen molar-refractivity contribution in [3.8, 4) is 5.75 Å². The van der Waals surface area contributed by atoms with E-state index in [0.717, 1.165) is 12.0 Å². The summed E-state index contributed by atoms with van der Waals surface area (Å²) in [5.41, 5.74) is 7.32. The lowest BCUT2D eigenvalue weighted by Gasteiger charge is -2.17. The molecular formula is C27H29NO2. The molecular weight excluding hydrogens is 370 g/mol. The SMILES string of the molecule is CC/C(=C(\c1ccc(C)cc1)c1ccc(OCC(=O)N(C)C)cc1)c1ccccc1. The highest BCUT2D eigenvalue weighted by Crippen LogP contribution is 2.35. The lowest BCUT2D eigenvalue weighted by atomic mass is 9.88. The fourth-order valence-electron chi connectivity index (χ4n) is 3.39. The molecule has 154 valence electrons. The van der Waals surface area contributed by atoms with Crippen LogP contribution in [0.1, 0.15) is 35.6 Å². The van der Waals surface area contributed by atoms with Gasteiger partial charge in [-0.1, -0.05) is 79.2 Å². The van der Waals surface area contributed by atoms with Gasteiger partial charge in [0.15, 0.2) is 6.61 Å². The summed E-state index contributed by atoms with van der Waals surface area (Å²) in [7, 11) is 3.45. The number of carbonyl (C=O) groups is 1. The Morgan fingerprint density at radius 3 is 1.90 bits per heavy atom. The number of hydrogen-bond donors (Lipinski definition) is 0. The molecule has 0 radical (unpaired) electrons. The Morgan fingerprint density at radius 2 is 1.37 bits per heavy atom. The van der Waals surface area contributed by atoms with Crippen LogP contribution in [0.15, 0.2) is 78.9 Å². The molecule has 0 aliphatic rings. The van der Waals surface area contributed by atoms with E-state index >= 15 is 0 Å². The van der Waals surface area contributed by atoms with Crippen LogP contribution in [-0.2, 0) is 4.79 Å². The largest absolute Gasteiger partial charge is 0.484 e. The number of rotatable bonds is 7. The predicted molar refractivity (Wildman–Crippen MR) is 124 cm³/mol. The molecule has 0 bridgehead atoms. The van der Waals surface area contributed by atoms with Gasteiger partial charge in [0.05, 0.1) is 0 Å². The van der Waals surface area contributed by atoms with Crippen molar-refractivity contribution in [3.63, 3.8) is 0 Å². The molecule has 0 heterocycles. The minimum absolute atomic E-state index is 0.0389. The van der Waals surface area contributed by atoms with Crippen LogP contribution >= 0.6 is 0 Å². The number of hydrogen-bond acceptors (Lipinski definition) is 2. The molecule has 0 aliphatic heterocycles. The number of ether oxygens (including phenoxy) is 1. The Balaban J connectivity index is 2.02. The zero-order valence-corrected chi connectivity index (χ0v) is 18.2. The van der Waals surface area contributed by atoms with Crippen LogP contribution in [0.25, 0.3) is 11.1 Å². The Labute approximate surface area is 179 Å². The second kappa shape index (κ2) is 9.93. The van der Waals surface area contributed by atoms with Crippen molar-refractivity contribution in [1.82, 2.24) is 4.90 Å². The second-order valence-electron chi connectivity index (χ2n) is 7.54. The third-order valence-corrected chi connectivity index (χ3v) is 5.12. The van der Waals surface area contributed by atoms with Gasteiger partial charge in [0.2, 0.25) is 0 Å². The standard InChI is InChI=1S/C27H29NO2/c1-5-25(21-9-7-6-8-10-21)27(22-13-11-20(2)12-14-22)23-15-17-24(18-16-23)30-19-26(29)28(3)4/h6-18H,5,19H2,1-4H3/b27-25-. The van der Waals surface area contributed by atoms with Crippen molar-refractivity contribution in [1.29, 1.82) is 0 Å². The van der Waals surface area contributed by atoms with Gasteiger partial charge in [-0.3, -0.25) is 4.79 Å². The molecule has 0 fully saturated rings. The minimum atomic E-state index is -0.0586. The summed E-state index contributed by atoms with van der Waals surface area (Å²) < 4.78 is 5.65. The monoisotopic (exact) mass is 399 g/mol. The zero-order chi connectivity index (χ0) is 21.5. The Hall–Kier alpha value is -3.33. The average molecular weight is 400 g/mol. The van der Waals surface area contributed by atoms with Crippen molar-refractivity contribution in [2.75, 3.05) is 20.7 Å². The number of carbonyl (C=O) groups excluding carboxylic acids is 1. The quantitative estimate of drug-likeness (QED) is 0.468. The summed E-state index contributed by atoms with van der Waals surface area (Å²) in [6.07, 6.45) is 0.919. The summed E-state index contributed by atoms with van der Waals surface area (Å²) in [5.74, 6) is 0.631. The Kier molecular flexibility index (Phi) is 7.08. The summed E-state index contributed by atoms with van der Waals surface area (Å²) in [6, 6.07) is 27.2. The normalized spacial score (nSPS) is 11.6. The van der Waals surface area contributed by atoms with Crippen LogP contribution in [0.2, 0.25) is 0 Å². The predicted octanol–water partition coefficient (Wildman–Crippen LogP) is 5.83. The summed E-state index contributed by atoms with van der Waals surface area (Å²) in [4.78, 5) is 13.3. The topological polar surface area (TPSA) is 29.5 Å². The van der Waals surface area contributed by atoms with Crippen molar-refractivity contribution < 1.29 is 9.53 Å². The van der Waals surface area contributed by atoms with Crippen LogP contribution in [-0.4, -0.2) is 31.5 Å². The first-order chi connectivity index (χ1) is 14.5. The van der Waals surface area contributed by atoms with Crippen LogP contribution < -0.4 is 4.74 Å². The molecule has 0 atom stereocenters. The number of aryl methyl sites for hydroxylation is 1. The van der Waals surface area contributed by atoms with Gasteiger partial charge in [0.25, 0.3) is 5.91 Å². The third-order valence-electron chi connectivity index (χ3n) is 5.12. The molecule has 3 heteroatoms. The molecule has 1 amide bonds. The number of likely N-dealkylation sites (N-methyl/N-ethyl adjacent to an activating group) is 1. The zero-order valence-electron chi connectivity index (χ0n) is 18.2. The van der Waals surface area contributed by atoms with E-state index in [1.807, 2.05) is 18.2 Å². The molecule has 3 nitrogen and oxygen atoms in total. The first kappa shape index (κ1) is 21.4. The maximum Gasteiger partial charge on any atom is 0.259 e. The molecule has 0 spiro atoms. The summed E-state index contributed by atoms with van der Waals surface area (Å²) in [5, 5.41) is 0. The molecule has 0 N–H and O–H groups in total. The smallest absolute Gasteiger partial charge is 0.259 e. The minimum Gasteiger partial charge on any atom is -0.484 e. The van der Waals surface area contributed by atoms with Crippen LogP contribution in [0.5, 0.6) is 5.75 Å². The van der Waals surface area contributed by atoms with E-state index < -0.39 is 0 Å². The van der Waals surface area contributed by atoms with Gasteiger partial charge >= 0.3 is 0 Å². The molecule has 0 aromatic heterocycles. The van der Waals surface area contributed by atoms with Gasteiger partial charge < -0.3 is 9.64 Å². The van der Waals surface area contributed by atoms with Crippen LogP contribution in [0, 0.1) is 6.92 Å². The van der Waals surface area contributed by atoms with E-state index in [2.05, 4.69) is 74.5 Å². The van der Waals surface area contributed by atoms with E-state index in [-0.39, 0.29) is 12.5 Å². The van der Waals surface area contributed by atoms with E-state index in [9.17, 15) is 4.79 Å². The van der Waals surface area contributed by atoms with Crippen LogP contribution in [0.3, 0.4) is 0 Å². The molecule has 3 aromatic carbocycles. The third kappa shape index (κ3) is 5.18. The molecule has 3 aromatic rings. The highest BCUT2D eigenvalue weighted by atomic mass is 16.5. The first-order valence-electron chi connectivity index (χ1n) is 10.3. The summed E-state index contributed by atoms with van der Waals surface area (Å²) >= 11 is 0. The Morgan fingerprint density at radius 1 is 0.800 bits per heavy atom. The van der Waals surface area contributed by atoms with Gasteiger partial charge in [-0.05, 0) is 53.3 Å². The van der Waals surface area contributed by atoms with Crippen molar-refractivity contribution in [2.24, 2.45) is 0 Å². The molecule has 0 saturated heterocycles. The number of nitrogens with zero attached hydrogens (tertiary/aromatic N) is 1. The van der Waals surface area contributed by atoms with Crippen molar-refractivity contribution in [2.45, 2.75) is 20.3 Å². The van der Waals surface area contributed by atoms with E-state index in [1.165, 1.54) is 32.7 Å². The summed E-state index contributed by atoms with van der Waals surface area (Å²) in [6.45, 7) is 4.34. The maximum atomic E-state index is 11.8. The number of amides is 1. The fourth-order valence-corrected chi connectivity index (χ4v) is 3.39. The first-order valence-corrected chi connectivity index (χ1v) is 10.3. The molecule has 0 aliphatic carbocycles. The average Bonchev–Trinajstić information content (AvgIpc) is 2.77. The van der Waals surface area contributed by atoms with Gasteiger partial charge in [0, 0.05) is 14.1 Å². The van der Waals surface area contributed by atoms with Crippen molar-refractivity contribution in [3.05, 3.63) is 101 Å². The lowest BCUT2D eigenvalue weighted by molar-refractivity contribution is -0.130. The second-order valence-corrected chi connectivity index (χ2v) is 7.54. The lowest BCUT2D eigenvalue weighted by Crippen LogP contribution is -2.27. The number of benzene rings is 3. The van der Waals surface area contributed by atoms with Gasteiger partial charge in [0.1, 0.15) is 5.75 Å². The van der Waals surface area contributed by atoms with Gasteiger partial charge in [-0.2, -0.15) is 0 Å². The van der Waals surface area contributed by atoms with Gasteiger partial charge in [-0.15, -0.1) is 0 Å². The fraction of sp³-hybridized carbons (Fsp3) is 0.222. The maximum absolute atomic E-state index is 11.8. The molecule has 0 unspecified atom stereocenters. The molecule has 0 saturated carbocycles. The van der Waals surface area contributed by atoms with E-state index in [0.29, 0.717) is 5.75 Å².